The summed E-state index contributed by atoms with van der Waals surface area (Å²) in [4.78, 5) is 12.4. The summed E-state index contributed by atoms with van der Waals surface area (Å²) in [7, 11) is 0. The molecule has 0 aliphatic heterocycles. The third-order valence-corrected chi connectivity index (χ3v) is 5.50. The van der Waals surface area contributed by atoms with Gasteiger partial charge in [-0.25, -0.2) is 0 Å². The van der Waals surface area contributed by atoms with Gasteiger partial charge in [0, 0.05) is 11.1 Å². The first-order chi connectivity index (χ1) is 11.1. The summed E-state index contributed by atoms with van der Waals surface area (Å²) in [5.41, 5.74) is 1.85. The van der Waals surface area contributed by atoms with Crippen LogP contribution in [0.5, 0.6) is 5.75 Å². The van der Waals surface area contributed by atoms with Gasteiger partial charge in [-0.05, 0) is 64.9 Å². The van der Waals surface area contributed by atoms with Crippen LogP contribution in [0.2, 0.25) is 0 Å². The molecule has 2 aromatic carbocycles. The van der Waals surface area contributed by atoms with Crippen molar-refractivity contribution < 1.29 is 9.53 Å². The van der Waals surface area contributed by atoms with Gasteiger partial charge in [0.05, 0.1) is 4.47 Å². The Hall–Kier alpha value is -1.81. The average Bonchev–Trinajstić information content (AvgIpc) is 2.49. The average molecular weight is 372 g/mol. The maximum Gasteiger partial charge on any atom is 0.251 e. The monoisotopic (exact) mass is 371 g/mol. The van der Waals surface area contributed by atoms with Crippen LogP contribution in [0.25, 0.3) is 0 Å². The number of hydrogen-bond donors (Lipinski definition) is 1. The van der Waals surface area contributed by atoms with E-state index >= 15 is 0 Å². The molecule has 3 fully saturated rings. The van der Waals surface area contributed by atoms with E-state index in [1.165, 1.54) is 0 Å². The van der Waals surface area contributed by atoms with Gasteiger partial charge in [-0.2, -0.15) is 0 Å². The number of carbonyl (C=O) groups is 1. The molecule has 3 aliphatic rings. The fraction of sp³-hybridized carbons (Fsp3) is 0.316. The Balaban J connectivity index is 1.45. The van der Waals surface area contributed by atoms with E-state index in [9.17, 15) is 4.79 Å². The van der Waals surface area contributed by atoms with Gasteiger partial charge < -0.3 is 10.1 Å². The highest BCUT2D eigenvalue weighted by atomic mass is 79.9. The third kappa shape index (κ3) is 2.88. The molecule has 4 heteroatoms. The predicted octanol–water partition coefficient (Wildman–Crippen LogP) is 4.31. The van der Waals surface area contributed by atoms with Crippen LogP contribution >= 0.6 is 15.9 Å². The van der Waals surface area contributed by atoms with Gasteiger partial charge in [0.25, 0.3) is 5.91 Å². The summed E-state index contributed by atoms with van der Waals surface area (Å²) in [6.45, 7) is 0.482. The summed E-state index contributed by atoms with van der Waals surface area (Å²) in [6, 6.07) is 15.5. The van der Waals surface area contributed by atoms with Crippen LogP contribution in [0.15, 0.2) is 53.0 Å². The first-order valence-electron chi connectivity index (χ1n) is 7.92. The lowest BCUT2D eigenvalue weighted by atomic mass is 9.50. The quantitative estimate of drug-likeness (QED) is 0.850. The summed E-state index contributed by atoms with van der Waals surface area (Å²) < 4.78 is 6.72. The Morgan fingerprint density at radius 3 is 2.57 bits per heavy atom. The van der Waals surface area contributed by atoms with E-state index in [0.717, 1.165) is 35.2 Å². The minimum absolute atomic E-state index is 0.000195. The molecule has 23 heavy (non-hydrogen) atoms. The van der Waals surface area contributed by atoms with Gasteiger partial charge >= 0.3 is 0 Å². The maximum atomic E-state index is 12.4. The molecule has 5 rings (SSSR count). The first kappa shape index (κ1) is 14.8. The van der Waals surface area contributed by atoms with Crippen LogP contribution in [0.1, 0.15) is 35.2 Å². The number of amides is 1. The van der Waals surface area contributed by atoms with E-state index in [1.54, 1.807) is 0 Å². The van der Waals surface area contributed by atoms with Crippen molar-refractivity contribution in [3.05, 3.63) is 64.1 Å². The predicted molar refractivity (Wildman–Crippen MR) is 92.5 cm³/mol. The summed E-state index contributed by atoms with van der Waals surface area (Å²) in [5, 5.41) is 3.19. The lowest BCUT2D eigenvalue weighted by molar-refractivity contribution is -0.0438. The molecule has 0 aromatic heterocycles. The molecule has 0 spiro atoms. The molecule has 3 nitrogen and oxygen atoms in total. The van der Waals surface area contributed by atoms with Crippen LogP contribution in [-0.4, -0.2) is 11.4 Å². The zero-order valence-corrected chi connectivity index (χ0v) is 14.3. The summed E-state index contributed by atoms with van der Waals surface area (Å²) in [6.07, 6.45) is 3.44. The Bertz CT molecular complexity index is 727. The fourth-order valence-electron chi connectivity index (χ4n) is 3.44. The van der Waals surface area contributed by atoms with E-state index in [0.29, 0.717) is 17.9 Å². The highest BCUT2D eigenvalue weighted by Gasteiger charge is 2.57. The van der Waals surface area contributed by atoms with Gasteiger partial charge in [-0.3, -0.25) is 4.79 Å². The minimum atomic E-state index is 0.000195. The molecule has 2 bridgehead atoms. The molecule has 2 aromatic rings. The number of halogens is 1. The molecule has 3 aliphatic carbocycles. The fourth-order valence-corrected chi connectivity index (χ4v) is 3.80. The van der Waals surface area contributed by atoms with Gasteiger partial charge in [0.1, 0.15) is 12.4 Å². The van der Waals surface area contributed by atoms with Crippen LogP contribution in [0.3, 0.4) is 0 Å². The van der Waals surface area contributed by atoms with Crippen molar-refractivity contribution in [3.8, 4) is 5.75 Å². The highest BCUT2D eigenvalue weighted by Crippen LogP contribution is 2.57. The van der Waals surface area contributed by atoms with Crippen LogP contribution in [0, 0.1) is 5.92 Å². The van der Waals surface area contributed by atoms with Gasteiger partial charge in [0.15, 0.2) is 0 Å². The summed E-state index contributed by atoms with van der Waals surface area (Å²) in [5.74, 6) is 1.55. The smallest absolute Gasteiger partial charge is 0.251 e. The van der Waals surface area contributed by atoms with Crippen molar-refractivity contribution in [1.82, 2.24) is 5.32 Å². The highest BCUT2D eigenvalue weighted by molar-refractivity contribution is 9.10. The lowest BCUT2D eigenvalue weighted by Crippen LogP contribution is -2.68. The molecule has 3 saturated carbocycles. The molecule has 0 radical (unpaired) electrons. The topological polar surface area (TPSA) is 38.3 Å². The van der Waals surface area contributed by atoms with Crippen molar-refractivity contribution in [1.29, 1.82) is 0 Å². The van der Waals surface area contributed by atoms with E-state index in [1.807, 2.05) is 48.5 Å². The molecule has 1 N–H and O–H groups in total. The Morgan fingerprint density at radius 1 is 1.17 bits per heavy atom. The zero-order valence-electron chi connectivity index (χ0n) is 12.7. The molecule has 0 saturated heterocycles. The number of ether oxygens (including phenoxy) is 1. The van der Waals surface area contributed by atoms with Gasteiger partial charge in [0.2, 0.25) is 0 Å². The normalized spacial score (nSPS) is 24.3. The first-order valence-corrected chi connectivity index (χ1v) is 8.72. The van der Waals surface area contributed by atoms with Crippen molar-refractivity contribution >= 4 is 21.8 Å². The van der Waals surface area contributed by atoms with Gasteiger partial charge in [-0.15, -0.1) is 0 Å². The molecule has 1 amide bonds. The van der Waals surface area contributed by atoms with Crippen molar-refractivity contribution in [2.45, 2.75) is 31.4 Å². The van der Waals surface area contributed by atoms with Crippen LogP contribution in [-0.2, 0) is 6.61 Å². The Labute approximate surface area is 144 Å². The maximum absolute atomic E-state index is 12.4. The second-order valence-corrected chi connectivity index (χ2v) is 7.49. The standard InChI is InChI=1S/C19H18BrNO2/c20-16-7-6-15(18(22)21-19-9-14(10-19)11-19)8-17(16)23-12-13-4-2-1-3-5-13/h1-8,14H,9-12H2,(H,21,22). The number of carbonyl (C=O) groups excluding carboxylic acids is 1. The van der Waals surface area contributed by atoms with E-state index in [2.05, 4.69) is 21.2 Å². The van der Waals surface area contributed by atoms with Crippen molar-refractivity contribution in [2.75, 3.05) is 0 Å². The largest absolute Gasteiger partial charge is 0.488 e. The van der Waals surface area contributed by atoms with Crippen molar-refractivity contribution in [3.63, 3.8) is 0 Å². The molecular formula is C19H18BrNO2. The van der Waals surface area contributed by atoms with Gasteiger partial charge in [-0.1, -0.05) is 30.3 Å². The van der Waals surface area contributed by atoms with Crippen LogP contribution < -0.4 is 10.1 Å². The lowest BCUT2D eigenvalue weighted by Gasteiger charge is -2.61. The van der Waals surface area contributed by atoms with E-state index in [-0.39, 0.29) is 11.4 Å². The van der Waals surface area contributed by atoms with Crippen molar-refractivity contribution in [2.24, 2.45) is 5.92 Å². The minimum Gasteiger partial charge on any atom is -0.488 e. The SMILES string of the molecule is O=C(NC12CC(C1)C2)c1ccc(Br)c(OCc2ccccc2)c1. The molecular weight excluding hydrogens is 354 g/mol. The van der Waals surface area contributed by atoms with E-state index in [4.69, 9.17) is 4.74 Å². The Morgan fingerprint density at radius 2 is 1.91 bits per heavy atom. The number of benzene rings is 2. The second-order valence-electron chi connectivity index (χ2n) is 6.63. The Kier molecular flexibility index (Phi) is 3.64. The molecule has 0 atom stereocenters. The zero-order chi connectivity index (χ0) is 15.9. The molecule has 118 valence electrons. The molecule has 0 unspecified atom stereocenters. The van der Waals surface area contributed by atoms with E-state index < -0.39 is 0 Å². The summed E-state index contributed by atoms with van der Waals surface area (Å²) >= 11 is 3.49. The number of hydrogen-bond acceptors (Lipinski definition) is 2. The van der Waals surface area contributed by atoms with Crippen LogP contribution in [0.4, 0.5) is 0 Å². The number of nitrogens with one attached hydrogen (secondary N) is 1. The third-order valence-electron chi connectivity index (χ3n) is 4.85. The molecule has 0 heterocycles. The number of rotatable bonds is 5. The second kappa shape index (κ2) is 5.68.